The number of hydrogen-bond acceptors (Lipinski definition) is 2. The predicted molar refractivity (Wildman–Crippen MR) is 59.9 cm³/mol. The first-order valence-corrected chi connectivity index (χ1v) is 5.66. The van der Waals surface area contributed by atoms with Crippen LogP contribution in [0.4, 0.5) is 0 Å². The van der Waals surface area contributed by atoms with Gasteiger partial charge in [0.15, 0.2) is 4.77 Å². The zero-order valence-corrected chi connectivity index (χ0v) is 9.39. The van der Waals surface area contributed by atoms with Crippen LogP contribution in [0.25, 0.3) is 0 Å². The Balaban J connectivity index is 1.97. The van der Waals surface area contributed by atoms with Crippen LogP contribution < -0.4 is 0 Å². The number of aromatic nitrogens is 2. The zero-order valence-electron chi connectivity index (χ0n) is 8.57. The predicted octanol–water partition coefficient (Wildman–Crippen LogP) is 2.03. The van der Waals surface area contributed by atoms with Gasteiger partial charge in [-0.05, 0) is 45.1 Å². The Morgan fingerprint density at radius 1 is 1.50 bits per heavy atom. The van der Waals surface area contributed by atoms with Crippen LogP contribution in [0, 0.1) is 4.77 Å². The van der Waals surface area contributed by atoms with Crippen molar-refractivity contribution < 1.29 is 0 Å². The fourth-order valence-corrected chi connectivity index (χ4v) is 2.28. The van der Waals surface area contributed by atoms with E-state index in [9.17, 15) is 0 Å². The first kappa shape index (κ1) is 9.93. The molecule has 0 spiro atoms. The largest absolute Gasteiger partial charge is 0.337 e. The molecule has 0 radical (unpaired) electrons. The smallest absolute Gasteiger partial charge is 0.177 e. The molecule has 0 saturated carbocycles. The molecule has 1 aromatic heterocycles. The van der Waals surface area contributed by atoms with Crippen molar-refractivity contribution in [3.05, 3.63) is 17.2 Å². The summed E-state index contributed by atoms with van der Waals surface area (Å²) >= 11 is 5.17. The van der Waals surface area contributed by atoms with Gasteiger partial charge in [0.05, 0.1) is 0 Å². The van der Waals surface area contributed by atoms with E-state index in [1.165, 1.54) is 25.9 Å². The summed E-state index contributed by atoms with van der Waals surface area (Å²) in [6.07, 6.45) is 6.62. The second-order valence-electron chi connectivity index (χ2n) is 4.01. The van der Waals surface area contributed by atoms with Crippen LogP contribution in [0.1, 0.15) is 19.8 Å². The van der Waals surface area contributed by atoms with Crippen molar-refractivity contribution in [3.63, 3.8) is 0 Å². The highest BCUT2D eigenvalue weighted by Gasteiger charge is 2.17. The van der Waals surface area contributed by atoms with Crippen LogP contribution in [0.15, 0.2) is 12.4 Å². The van der Waals surface area contributed by atoms with E-state index in [4.69, 9.17) is 12.2 Å². The Bertz CT molecular complexity index is 335. The van der Waals surface area contributed by atoms with Crippen LogP contribution in [-0.2, 0) is 6.54 Å². The first-order chi connectivity index (χ1) is 6.77. The molecule has 0 aliphatic carbocycles. The van der Waals surface area contributed by atoms with Gasteiger partial charge in [-0.2, -0.15) is 0 Å². The summed E-state index contributed by atoms with van der Waals surface area (Å²) in [5.74, 6) is 0. The third-order valence-electron chi connectivity index (χ3n) is 2.95. The quantitative estimate of drug-likeness (QED) is 0.774. The van der Waals surface area contributed by atoms with Crippen LogP contribution >= 0.6 is 12.2 Å². The molecule has 1 aromatic rings. The van der Waals surface area contributed by atoms with E-state index in [-0.39, 0.29) is 0 Å². The van der Waals surface area contributed by atoms with E-state index in [2.05, 4.69) is 21.4 Å². The molecule has 14 heavy (non-hydrogen) atoms. The molecule has 3 nitrogen and oxygen atoms in total. The molecule has 1 saturated heterocycles. The molecule has 1 aliphatic rings. The average Bonchev–Trinajstić information content (AvgIpc) is 2.77. The second kappa shape index (κ2) is 4.28. The molecule has 2 rings (SSSR count). The summed E-state index contributed by atoms with van der Waals surface area (Å²) in [6, 6.07) is 0.597. The molecule has 78 valence electrons. The molecule has 1 unspecified atom stereocenters. The van der Waals surface area contributed by atoms with Crippen LogP contribution in [0.3, 0.4) is 0 Å². The third kappa shape index (κ3) is 2.07. The fraction of sp³-hybridized carbons (Fsp3) is 0.700. The SMILES string of the molecule is CC(Cn1cc[nH]c1=S)N1CCCC1. The minimum absolute atomic E-state index is 0.597. The van der Waals surface area contributed by atoms with Gasteiger partial charge in [0.1, 0.15) is 0 Å². The minimum Gasteiger partial charge on any atom is -0.337 e. The molecule has 1 fully saturated rings. The number of likely N-dealkylation sites (tertiary alicyclic amines) is 1. The van der Waals surface area contributed by atoms with Crippen molar-refractivity contribution in [2.75, 3.05) is 13.1 Å². The molecule has 4 heteroatoms. The molecular weight excluding hydrogens is 194 g/mol. The summed E-state index contributed by atoms with van der Waals surface area (Å²) in [6.45, 7) is 5.78. The van der Waals surface area contributed by atoms with Gasteiger partial charge in [-0.25, -0.2) is 0 Å². The lowest BCUT2D eigenvalue weighted by atomic mass is 10.3. The molecular formula is C10H17N3S. The summed E-state index contributed by atoms with van der Waals surface area (Å²) in [7, 11) is 0. The van der Waals surface area contributed by atoms with Gasteiger partial charge in [0.25, 0.3) is 0 Å². The number of aromatic amines is 1. The Morgan fingerprint density at radius 3 is 2.79 bits per heavy atom. The minimum atomic E-state index is 0.597. The van der Waals surface area contributed by atoms with E-state index in [0.717, 1.165) is 11.3 Å². The topological polar surface area (TPSA) is 24.0 Å². The van der Waals surface area contributed by atoms with Crippen molar-refractivity contribution in [1.82, 2.24) is 14.5 Å². The first-order valence-electron chi connectivity index (χ1n) is 5.25. The van der Waals surface area contributed by atoms with Crippen molar-refractivity contribution in [2.45, 2.75) is 32.4 Å². The Hall–Kier alpha value is -0.610. The fourth-order valence-electron chi connectivity index (χ4n) is 2.08. The average molecular weight is 211 g/mol. The van der Waals surface area contributed by atoms with Crippen LogP contribution in [0.2, 0.25) is 0 Å². The lowest BCUT2D eigenvalue weighted by Crippen LogP contribution is -2.33. The lowest BCUT2D eigenvalue weighted by molar-refractivity contribution is 0.235. The number of H-pyrrole nitrogens is 1. The lowest BCUT2D eigenvalue weighted by Gasteiger charge is -2.23. The maximum absolute atomic E-state index is 5.17. The van der Waals surface area contributed by atoms with Gasteiger partial charge in [0.2, 0.25) is 0 Å². The van der Waals surface area contributed by atoms with E-state index >= 15 is 0 Å². The maximum atomic E-state index is 5.17. The van der Waals surface area contributed by atoms with Gasteiger partial charge in [-0.1, -0.05) is 0 Å². The summed E-state index contributed by atoms with van der Waals surface area (Å²) in [5, 5.41) is 0. The number of rotatable bonds is 3. The molecule has 2 heterocycles. The molecule has 1 aliphatic heterocycles. The number of imidazole rings is 1. The number of nitrogens with one attached hydrogen (secondary N) is 1. The van der Waals surface area contributed by atoms with Crippen molar-refractivity contribution >= 4 is 12.2 Å². The van der Waals surface area contributed by atoms with Crippen molar-refractivity contribution in [1.29, 1.82) is 0 Å². The zero-order chi connectivity index (χ0) is 9.97. The molecule has 0 aromatic carbocycles. The standard InChI is InChI=1S/C10H17N3S/c1-9(12-5-2-3-6-12)8-13-7-4-11-10(13)14/h4,7,9H,2-3,5-6,8H2,1H3,(H,11,14). The molecule has 1 atom stereocenters. The molecule has 0 bridgehead atoms. The Kier molecular flexibility index (Phi) is 3.03. The van der Waals surface area contributed by atoms with Gasteiger partial charge in [0, 0.05) is 25.0 Å². The van der Waals surface area contributed by atoms with Gasteiger partial charge >= 0.3 is 0 Å². The Labute approximate surface area is 89.7 Å². The highest BCUT2D eigenvalue weighted by atomic mass is 32.1. The van der Waals surface area contributed by atoms with Crippen LogP contribution in [0.5, 0.6) is 0 Å². The van der Waals surface area contributed by atoms with E-state index in [0.29, 0.717) is 6.04 Å². The normalized spacial score (nSPS) is 20.1. The molecule has 0 amide bonds. The summed E-state index contributed by atoms with van der Waals surface area (Å²) in [4.78, 5) is 5.56. The monoisotopic (exact) mass is 211 g/mol. The van der Waals surface area contributed by atoms with Gasteiger partial charge in [-0.3, -0.25) is 4.90 Å². The van der Waals surface area contributed by atoms with Crippen molar-refractivity contribution in [2.24, 2.45) is 0 Å². The number of nitrogens with zero attached hydrogens (tertiary/aromatic N) is 2. The maximum Gasteiger partial charge on any atom is 0.177 e. The van der Waals surface area contributed by atoms with Crippen LogP contribution in [-0.4, -0.2) is 33.6 Å². The summed E-state index contributed by atoms with van der Waals surface area (Å²) in [5.41, 5.74) is 0. The highest BCUT2D eigenvalue weighted by Crippen LogP contribution is 2.12. The van der Waals surface area contributed by atoms with E-state index < -0.39 is 0 Å². The second-order valence-corrected chi connectivity index (χ2v) is 4.40. The Morgan fingerprint density at radius 2 is 2.21 bits per heavy atom. The van der Waals surface area contributed by atoms with E-state index in [1.54, 1.807) is 0 Å². The number of hydrogen-bond donors (Lipinski definition) is 1. The summed E-state index contributed by atoms with van der Waals surface area (Å²) < 4.78 is 2.94. The third-order valence-corrected chi connectivity index (χ3v) is 3.30. The van der Waals surface area contributed by atoms with Crippen molar-refractivity contribution in [3.8, 4) is 0 Å². The van der Waals surface area contributed by atoms with Gasteiger partial charge in [-0.15, -0.1) is 0 Å². The molecule has 1 N–H and O–H groups in total. The van der Waals surface area contributed by atoms with Gasteiger partial charge < -0.3 is 9.55 Å². The van der Waals surface area contributed by atoms with E-state index in [1.807, 2.05) is 12.4 Å². The highest BCUT2D eigenvalue weighted by molar-refractivity contribution is 7.71.